The summed E-state index contributed by atoms with van der Waals surface area (Å²) in [7, 11) is 6.07. The summed E-state index contributed by atoms with van der Waals surface area (Å²) in [6.45, 7) is 0. The molecule has 30 heavy (non-hydrogen) atoms. The number of benzene rings is 2. The highest BCUT2D eigenvalue weighted by molar-refractivity contribution is 6.35. The van der Waals surface area contributed by atoms with Crippen LogP contribution in [0, 0.1) is 0 Å². The van der Waals surface area contributed by atoms with Gasteiger partial charge in [0.05, 0.1) is 40.9 Å². The SMILES string of the molecule is COc1ccc(/C=N\NC(=O)C(=O)N/N=C\c2ccc(OC)c(OC)c2)cc1OC. The van der Waals surface area contributed by atoms with E-state index in [1.54, 1.807) is 36.4 Å². The molecule has 0 saturated heterocycles. The summed E-state index contributed by atoms with van der Waals surface area (Å²) in [6.07, 6.45) is 2.72. The molecule has 2 N–H and O–H groups in total. The standard InChI is InChI=1S/C20H22N4O6/c1-27-15-7-5-13(9-17(15)29-3)11-21-23-19(25)20(26)24-22-12-14-6-8-16(28-2)18(10-14)30-4/h5-12H,1-4H3,(H,23,25)(H,24,26)/b21-11-,22-12-. The van der Waals surface area contributed by atoms with Crippen LogP contribution in [-0.2, 0) is 9.59 Å². The van der Waals surface area contributed by atoms with E-state index < -0.39 is 11.8 Å². The van der Waals surface area contributed by atoms with Crippen LogP contribution in [0.25, 0.3) is 0 Å². The number of ether oxygens (including phenoxy) is 4. The summed E-state index contributed by atoms with van der Waals surface area (Å²) in [4.78, 5) is 23.6. The van der Waals surface area contributed by atoms with Crippen molar-refractivity contribution in [3.05, 3.63) is 47.5 Å². The maximum Gasteiger partial charge on any atom is 0.331 e. The maximum absolute atomic E-state index is 11.8. The van der Waals surface area contributed by atoms with Crippen molar-refractivity contribution in [1.29, 1.82) is 0 Å². The van der Waals surface area contributed by atoms with Gasteiger partial charge in [0.25, 0.3) is 0 Å². The number of amides is 2. The molecule has 2 rings (SSSR count). The number of rotatable bonds is 8. The third kappa shape index (κ3) is 5.96. The monoisotopic (exact) mass is 414 g/mol. The Kier molecular flexibility index (Phi) is 8.18. The lowest BCUT2D eigenvalue weighted by Gasteiger charge is -2.07. The highest BCUT2D eigenvalue weighted by atomic mass is 16.5. The first-order valence-corrected chi connectivity index (χ1v) is 8.62. The van der Waals surface area contributed by atoms with Gasteiger partial charge >= 0.3 is 11.8 Å². The molecular formula is C20H22N4O6. The Morgan fingerprint density at radius 1 is 0.667 bits per heavy atom. The van der Waals surface area contributed by atoms with Crippen molar-refractivity contribution >= 4 is 24.2 Å². The molecule has 2 amide bonds. The first-order valence-electron chi connectivity index (χ1n) is 8.62. The number of carbonyl (C=O) groups is 2. The van der Waals surface area contributed by atoms with Crippen LogP contribution in [0.3, 0.4) is 0 Å². The molecule has 10 nitrogen and oxygen atoms in total. The zero-order valence-electron chi connectivity index (χ0n) is 17.0. The molecular weight excluding hydrogens is 392 g/mol. The maximum atomic E-state index is 11.8. The van der Waals surface area contributed by atoms with Crippen LogP contribution in [0.2, 0.25) is 0 Å². The van der Waals surface area contributed by atoms with Gasteiger partial charge in [-0.3, -0.25) is 9.59 Å². The van der Waals surface area contributed by atoms with Gasteiger partial charge in [-0.2, -0.15) is 10.2 Å². The Balaban J connectivity index is 1.90. The van der Waals surface area contributed by atoms with E-state index in [9.17, 15) is 9.59 Å². The molecule has 0 fully saturated rings. The lowest BCUT2D eigenvalue weighted by molar-refractivity contribution is -0.139. The van der Waals surface area contributed by atoms with Crippen molar-refractivity contribution in [3.63, 3.8) is 0 Å². The second-order valence-corrected chi connectivity index (χ2v) is 5.63. The average Bonchev–Trinajstić information content (AvgIpc) is 2.78. The van der Waals surface area contributed by atoms with Crippen molar-refractivity contribution < 1.29 is 28.5 Å². The zero-order valence-corrected chi connectivity index (χ0v) is 17.0. The van der Waals surface area contributed by atoms with E-state index in [0.29, 0.717) is 34.1 Å². The summed E-state index contributed by atoms with van der Waals surface area (Å²) in [5.74, 6) is 0.188. The number of carbonyl (C=O) groups excluding carboxylic acids is 2. The number of nitrogens with zero attached hydrogens (tertiary/aromatic N) is 2. The molecule has 0 aliphatic heterocycles. The lowest BCUT2D eigenvalue weighted by atomic mass is 10.2. The minimum absolute atomic E-state index is 0.509. The minimum atomic E-state index is -0.976. The van der Waals surface area contributed by atoms with Crippen LogP contribution in [-0.4, -0.2) is 52.7 Å². The highest BCUT2D eigenvalue weighted by Crippen LogP contribution is 2.27. The molecule has 0 aromatic heterocycles. The van der Waals surface area contributed by atoms with E-state index in [1.165, 1.54) is 40.9 Å². The summed E-state index contributed by atoms with van der Waals surface area (Å²) >= 11 is 0. The average molecular weight is 414 g/mol. The summed E-state index contributed by atoms with van der Waals surface area (Å²) in [5.41, 5.74) is 5.51. The van der Waals surface area contributed by atoms with Gasteiger partial charge in [0.1, 0.15) is 0 Å². The first-order chi connectivity index (χ1) is 14.5. The van der Waals surface area contributed by atoms with Crippen molar-refractivity contribution in [2.24, 2.45) is 10.2 Å². The zero-order chi connectivity index (χ0) is 21.9. The summed E-state index contributed by atoms with van der Waals surface area (Å²) < 4.78 is 20.6. The van der Waals surface area contributed by atoms with Crippen LogP contribution < -0.4 is 29.8 Å². The molecule has 0 unspecified atom stereocenters. The van der Waals surface area contributed by atoms with Gasteiger partial charge in [0.15, 0.2) is 23.0 Å². The van der Waals surface area contributed by atoms with Gasteiger partial charge in [0, 0.05) is 0 Å². The van der Waals surface area contributed by atoms with Gasteiger partial charge in [0.2, 0.25) is 0 Å². The van der Waals surface area contributed by atoms with Gasteiger partial charge in [-0.25, -0.2) is 10.9 Å². The quantitative estimate of drug-likeness (QED) is 0.382. The normalized spacial score (nSPS) is 10.7. The van der Waals surface area contributed by atoms with Gasteiger partial charge in [-0.15, -0.1) is 0 Å². The lowest BCUT2D eigenvalue weighted by Crippen LogP contribution is -2.35. The van der Waals surface area contributed by atoms with Gasteiger partial charge < -0.3 is 18.9 Å². The second kappa shape index (κ2) is 11.1. The number of hydrogen-bond acceptors (Lipinski definition) is 8. The molecule has 0 bridgehead atoms. The smallest absolute Gasteiger partial charge is 0.331 e. The molecule has 10 heteroatoms. The molecule has 0 atom stereocenters. The van der Waals surface area contributed by atoms with Gasteiger partial charge in [-0.1, -0.05) is 0 Å². The van der Waals surface area contributed by atoms with E-state index in [1.807, 2.05) is 0 Å². The second-order valence-electron chi connectivity index (χ2n) is 5.63. The number of hydrazone groups is 2. The Morgan fingerprint density at radius 3 is 1.37 bits per heavy atom. The van der Waals surface area contributed by atoms with Crippen molar-refractivity contribution in [1.82, 2.24) is 10.9 Å². The largest absolute Gasteiger partial charge is 0.493 e. The van der Waals surface area contributed by atoms with Gasteiger partial charge in [-0.05, 0) is 47.5 Å². The van der Waals surface area contributed by atoms with Crippen LogP contribution in [0.15, 0.2) is 46.6 Å². The summed E-state index contributed by atoms with van der Waals surface area (Å²) in [6, 6.07) is 10.1. The Morgan fingerprint density at radius 2 is 1.03 bits per heavy atom. The molecule has 0 aliphatic carbocycles. The number of methoxy groups -OCH3 is 4. The summed E-state index contributed by atoms with van der Waals surface area (Å²) in [5, 5.41) is 7.47. The minimum Gasteiger partial charge on any atom is -0.493 e. The molecule has 0 spiro atoms. The van der Waals surface area contributed by atoms with Crippen molar-refractivity contribution in [2.45, 2.75) is 0 Å². The number of nitrogens with one attached hydrogen (secondary N) is 2. The van der Waals surface area contributed by atoms with E-state index in [-0.39, 0.29) is 0 Å². The van der Waals surface area contributed by atoms with Crippen LogP contribution >= 0.6 is 0 Å². The fraction of sp³-hybridized carbons (Fsp3) is 0.200. The fourth-order valence-corrected chi connectivity index (χ4v) is 2.30. The fourth-order valence-electron chi connectivity index (χ4n) is 2.30. The van der Waals surface area contributed by atoms with E-state index in [0.717, 1.165) is 0 Å². The predicted molar refractivity (Wildman–Crippen MR) is 111 cm³/mol. The van der Waals surface area contributed by atoms with Crippen LogP contribution in [0.4, 0.5) is 0 Å². The molecule has 0 aliphatic rings. The Bertz CT molecular complexity index is 881. The highest BCUT2D eigenvalue weighted by Gasteiger charge is 2.11. The first kappa shape index (κ1) is 22.2. The Labute approximate surface area is 173 Å². The molecule has 0 heterocycles. The molecule has 0 saturated carbocycles. The third-order valence-corrected chi connectivity index (χ3v) is 3.78. The number of hydrogen-bond donors (Lipinski definition) is 2. The van der Waals surface area contributed by atoms with E-state index in [2.05, 4.69) is 21.1 Å². The van der Waals surface area contributed by atoms with Crippen LogP contribution in [0.5, 0.6) is 23.0 Å². The molecule has 2 aromatic carbocycles. The van der Waals surface area contributed by atoms with E-state index in [4.69, 9.17) is 18.9 Å². The van der Waals surface area contributed by atoms with Crippen LogP contribution in [0.1, 0.15) is 11.1 Å². The van der Waals surface area contributed by atoms with Crippen molar-refractivity contribution in [2.75, 3.05) is 28.4 Å². The molecule has 2 aromatic rings. The predicted octanol–water partition coefficient (Wildman–Crippen LogP) is 1.32. The molecule has 158 valence electrons. The van der Waals surface area contributed by atoms with E-state index >= 15 is 0 Å². The molecule has 0 radical (unpaired) electrons. The Hall–Kier alpha value is -4.08. The third-order valence-electron chi connectivity index (χ3n) is 3.78. The van der Waals surface area contributed by atoms with Crippen molar-refractivity contribution in [3.8, 4) is 23.0 Å². The topological polar surface area (TPSA) is 120 Å².